The van der Waals surface area contributed by atoms with Gasteiger partial charge in [-0.1, -0.05) is 21.9 Å². The lowest BCUT2D eigenvalue weighted by Gasteiger charge is -2.18. The van der Waals surface area contributed by atoms with Gasteiger partial charge in [-0.3, -0.25) is 9.78 Å². The summed E-state index contributed by atoms with van der Waals surface area (Å²) >= 11 is 0. The van der Waals surface area contributed by atoms with Crippen LogP contribution in [0.4, 0.5) is 10.2 Å². The van der Waals surface area contributed by atoms with Gasteiger partial charge in [0.2, 0.25) is 0 Å². The van der Waals surface area contributed by atoms with Gasteiger partial charge in [-0.15, -0.1) is 0 Å². The Kier molecular flexibility index (Phi) is 4.97. The van der Waals surface area contributed by atoms with Crippen LogP contribution in [0.3, 0.4) is 0 Å². The van der Waals surface area contributed by atoms with Crippen molar-refractivity contribution < 1.29 is 9.18 Å². The third kappa shape index (κ3) is 3.30. The number of rotatable bonds is 3. The number of hydrogen-bond donors (Lipinski definition) is 1. The van der Waals surface area contributed by atoms with Crippen molar-refractivity contribution >= 4 is 75.9 Å². The molecule has 6 nitrogen and oxygen atoms in total. The monoisotopic (exact) mass is 387 g/mol. The number of carbonyl (C=O) groups is 1. The molecule has 8 radical (unpaired) electrons. The van der Waals surface area contributed by atoms with Gasteiger partial charge in [-0.25, -0.2) is 14.4 Å². The predicted molar refractivity (Wildman–Crippen MR) is 118 cm³/mol. The zero-order valence-corrected chi connectivity index (χ0v) is 15.8. The lowest BCUT2D eigenvalue weighted by Crippen LogP contribution is -2.49. The van der Waals surface area contributed by atoms with E-state index in [0.717, 1.165) is 16.6 Å². The van der Waals surface area contributed by atoms with Crippen LogP contribution in [0, 0.1) is 5.82 Å². The van der Waals surface area contributed by atoms with E-state index in [9.17, 15) is 9.18 Å². The minimum atomic E-state index is -0.959. The number of fused-ring (bicyclic) bond motifs is 1. The molecule has 0 saturated heterocycles. The van der Waals surface area contributed by atoms with Crippen LogP contribution in [0.2, 0.25) is 0 Å². The zero-order valence-electron chi connectivity index (χ0n) is 15.8. The number of nitrogens with one attached hydrogen (secondary N) is 1. The van der Waals surface area contributed by atoms with Gasteiger partial charge in [0.05, 0.1) is 29.9 Å². The minimum Gasteiger partial charge on any atom is -0.334 e. The molecule has 0 unspecified atom stereocenters. The number of halogens is 1. The number of benzene rings is 1. The number of anilines is 1. The fourth-order valence-electron chi connectivity index (χ4n) is 3.09. The molecule has 0 aliphatic rings. The first kappa shape index (κ1) is 19.9. The average molecular weight is 387 g/mol. The normalized spacial score (nSPS) is 11.0. The second-order valence-corrected chi connectivity index (χ2v) is 6.67. The van der Waals surface area contributed by atoms with Gasteiger partial charge < -0.3 is 9.88 Å². The van der Waals surface area contributed by atoms with Crippen molar-refractivity contribution in [2.45, 2.75) is 0 Å². The molecule has 0 aliphatic carbocycles. The number of carbonyl (C=O) groups excluding carboxylic acids is 1. The standard InChI is InChI=1S/C19H10B4FN5O/c1-29-7-25-6-11(29)9-2-8-3-12(27-5-10(8)26-4-9)28-19(30)13-14(20)16(22)18(24)17(23)15(13)21/h2-7H,1H3,(H,27,28,30). The molecule has 4 rings (SSSR count). The molecule has 3 heterocycles. The third-order valence-corrected chi connectivity index (χ3v) is 4.74. The molecule has 0 fully saturated rings. The summed E-state index contributed by atoms with van der Waals surface area (Å²) in [5.74, 6) is -1.46. The summed E-state index contributed by atoms with van der Waals surface area (Å²) in [6.45, 7) is 0. The Morgan fingerprint density at radius 2 is 1.70 bits per heavy atom. The maximum absolute atomic E-state index is 13.9. The Balaban J connectivity index is 1.71. The van der Waals surface area contributed by atoms with E-state index in [-0.39, 0.29) is 22.3 Å². The molecule has 4 aromatic rings. The van der Waals surface area contributed by atoms with Crippen molar-refractivity contribution in [3.8, 4) is 11.3 Å². The minimum absolute atomic E-state index is 0.213. The number of aryl methyl sites for hydroxylation is 1. The van der Waals surface area contributed by atoms with Crippen LogP contribution in [0.5, 0.6) is 0 Å². The van der Waals surface area contributed by atoms with Crippen molar-refractivity contribution in [3.05, 3.63) is 48.4 Å². The zero-order chi connectivity index (χ0) is 21.6. The van der Waals surface area contributed by atoms with Crippen LogP contribution in [0.25, 0.3) is 22.2 Å². The van der Waals surface area contributed by atoms with E-state index < -0.39 is 22.7 Å². The Bertz CT molecular complexity index is 1300. The Labute approximate surface area is 177 Å². The molecule has 30 heavy (non-hydrogen) atoms. The van der Waals surface area contributed by atoms with Gasteiger partial charge >= 0.3 is 0 Å². The molecule has 1 amide bonds. The molecule has 0 atom stereocenters. The van der Waals surface area contributed by atoms with E-state index in [0.29, 0.717) is 5.52 Å². The largest absolute Gasteiger partial charge is 0.334 e. The fraction of sp³-hybridized carbons (Fsp3) is 0.0526. The molecule has 0 spiro atoms. The van der Waals surface area contributed by atoms with Gasteiger partial charge in [0.15, 0.2) is 0 Å². The number of imidazole rings is 1. The molecular weight excluding hydrogens is 376 g/mol. The number of pyridine rings is 2. The smallest absolute Gasteiger partial charge is 0.255 e. The number of hydrogen-bond acceptors (Lipinski definition) is 4. The van der Waals surface area contributed by atoms with Crippen LogP contribution >= 0.6 is 0 Å². The number of amides is 1. The highest BCUT2D eigenvalue weighted by Crippen LogP contribution is 2.23. The van der Waals surface area contributed by atoms with E-state index in [4.69, 9.17) is 31.4 Å². The highest BCUT2D eigenvalue weighted by Gasteiger charge is 2.19. The van der Waals surface area contributed by atoms with Crippen molar-refractivity contribution in [2.75, 3.05) is 5.32 Å². The second kappa shape index (κ2) is 7.48. The summed E-state index contributed by atoms with van der Waals surface area (Å²) in [5, 5.41) is 3.32. The summed E-state index contributed by atoms with van der Waals surface area (Å²) in [4.78, 5) is 25.4. The Morgan fingerprint density at radius 3 is 2.33 bits per heavy atom. The van der Waals surface area contributed by atoms with Crippen LogP contribution in [0.15, 0.2) is 37.1 Å². The Morgan fingerprint density at radius 1 is 1.00 bits per heavy atom. The number of aromatic nitrogens is 4. The van der Waals surface area contributed by atoms with Crippen LogP contribution < -0.4 is 27.2 Å². The summed E-state index contributed by atoms with van der Waals surface area (Å²) in [7, 11) is 24.6. The molecule has 136 valence electrons. The summed E-state index contributed by atoms with van der Waals surface area (Å²) in [6, 6.07) is 3.54. The molecule has 0 aliphatic heterocycles. The predicted octanol–water partition coefficient (Wildman–Crippen LogP) is -1.40. The van der Waals surface area contributed by atoms with Crippen molar-refractivity contribution in [2.24, 2.45) is 7.05 Å². The van der Waals surface area contributed by atoms with Crippen molar-refractivity contribution in [3.63, 3.8) is 0 Å². The van der Waals surface area contributed by atoms with Crippen LogP contribution in [-0.2, 0) is 7.05 Å². The van der Waals surface area contributed by atoms with Gasteiger partial charge in [0, 0.05) is 29.8 Å². The highest BCUT2D eigenvalue weighted by molar-refractivity contribution is 6.59. The van der Waals surface area contributed by atoms with E-state index in [2.05, 4.69) is 20.3 Å². The SMILES string of the molecule is [B]c1c([B])c(C(=O)Nc2cc3cc(-c4cncn4C)cnc3cn2)c([B])c([B])c1F. The van der Waals surface area contributed by atoms with Crippen molar-refractivity contribution in [1.82, 2.24) is 19.5 Å². The first-order valence-electron chi connectivity index (χ1n) is 8.73. The molecule has 1 N–H and O–H groups in total. The maximum atomic E-state index is 13.9. The first-order chi connectivity index (χ1) is 14.3. The van der Waals surface area contributed by atoms with Gasteiger partial charge in [0.1, 0.15) is 43.0 Å². The second-order valence-electron chi connectivity index (χ2n) is 6.67. The quantitative estimate of drug-likeness (QED) is 0.440. The first-order valence-corrected chi connectivity index (χ1v) is 8.73. The summed E-state index contributed by atoms with van der Waals surface area (Å²) < 4.78 is 15.8. The van der Waals surface area contributed by atoms with Gasteiger partial charge in [0.25, 0.3) is 5.91 Å². The topological polar surface area (TPSA) is 72.7 Å². The van der Waals surface area contributed by atoms with E-state index >= 15 is 0 Å². The highest BCUT2D eigenvalue weighted by atomic mass is 19.1. The van der Waals surface area contributed by atoms with Gasteiger partial charge in [-0.05, 0) is 12.1 Å². The molecule has 3 aromatic heterocycles. The lowest BCUT2D eigenvalue weighted by molar-refractivity contribution is 0.102. The molecular formula is C19H10B4FN5O. The Hall–Kier alpha value is -3.35. The maximum Gasteiger partial charge on any atom is 0.255 e. The molecule has 1 aromatic carbocycles. The third-order valence-electron chi connectivity index (χ3n) is 4.74. The van der Waals surface area contributed by atoms with E-state index in [1.807, 2.05) is 17.7 Å². The van der Waals surface area contributed by atoms with E-state index in [1.54, 1.807) is 24.8 Å². The van der Waals surface area contributed by atoms with Crippen molar-refractivity contribution in [1.29, 1.82) is 0 Å². The lowest BCUT2D eigenvalue weighted by atomic mass is 9.66. The molecule has 0 bridgehead atoms. The van der Waals surface area contributed by atoms with Crippen LogP contribution in [-0.4, -0.2) is 56.8 Å². The summed E-state index contributed by atoms with van der Waals surface area (Å²) in [6.07, 6.45) is 6.64. The van der Waals surface area contributed by atoms with Crippen LogP contribution in [0.1, 0.15) is 10.4 Å². The fourth-order valence-corrected chi connectivity index (χ4v) is 3.09. The molecule has 11 heteroatoms. The van der Waals surface area contributed by atoms with Gasteiger partial charge in [-0.2, -0.15) is 0 Å². The average Bonchev–Trinajstić information content (AvgIpc) is 3.16. The molecule has 0 saturated carbocycles. The van der Waals surface area contributed by atoms with E-state index in [1.165, 1.54) is 6.20 Å². The summed E-state index contributed by atoms with van der Waals surface area (Å²) in [5.41, 5.74) is 0.674. The number of nitrogens with zero attached hydrogens (tertiary/aromatic N) is 4.